The van der Waals surface area contributed by atoms with E-state index in [0.29, 0.717) is 17.9 Å². The molecule has 0 unspecified atom stereocenters. The molecule has 0 aromatic heterocycles. The van der Waals surface area contributed by atoms with Crippen molar-refractivity contribution in [2.75, 3.05) is 32.2 Å². The van der Waals surface area contributed by atoms with Crippen LogP contribution in [0.25, 0.3) is 0 Å². The lowest BCUT2D eigenvalue weighted by molar-refractivity contribution is -0.120. The zero-order valence-corrected chi connectivity index (χ0v) is 22.9. The number of carbonyl (C=O) groups excluding carboxylic acids is 1. The van der Waals surface area contributed by atoms with Crippen molar-refractivity contribution in [2.24, 2.45) is 5.92 Å². The number of hydrogen-bond donors (Lipinski definition) is 1. The van der Waals surface area contributed by atoms with Crippen LogP contribution >= 0.6 is 0 Å². The zero-order valence-electron chi connectivity index (χ0n) is 22.1. The van der Waals surface area contributed by atoms with Gasteiger partial charge in [0.15, 0.2) is 11.5 Å². The highest BCUT2D eigenvalue weighted by molar-refractivity contribution is 7.92. The van der Waals surface area contributed by atoms with Crippen LogP contribution in [0.5, 0.6) is 17.2 Å². The van der Waals surface area contributed by atoms with Crippen LogP contribution in [0, 0.1) is 11.7 Å². The molecule has 0 saturated heterocycles. The SMILES string of the molecule is COc1ccc([C@@H](CC(C)C)NC(=O)CN(c2ccc(F)cc2)S(=O)(=O)c2ccc(OC)c(OC)c2)cc1. The van der Waals surface area contributed by atoms with Gasteiger partial charge in [-0.15, -0.1) is 0 Å². The van der Waals surface area contributed by atoms with Gasteiger partial charge in [0.2, 0.25) is 5.91 Å². The highest BCUT2D eigenvalue weighted by Crippen LogP contribution is 2.32. The van der Waals surface area contributed by atoms with Crippen molar-refractivity contribution in [2.45, 2.75) is 31.2 Å². The van der Waals surface area contributed by atoms with Crippen LogP contribution in [-0.2, 0) is 14.8 Å². The van der Waals surface area contributed by atoms with E-state index in [2.05, 4.69) is 5.32 Å². The normalized spacial score (nSPS) is 12.1. The zero-order chi connectivity index (χ0) is 27.9. The van der Waals surface area contributed by atoms with E-state index in [-0.39, 0.29) is 28.3 Å². The lowest BCUT2D eigenvalue weighted by atomic mass is 9.97. The standard InChI is InChI=1S/C28H33FN2O6S/c1-19(2)16-25(20-6-12-23(35-3)13-7-20)30-28(32)18-31(22-10-8-21(29)9-11-22)38(33,34)24-14-15-26(36-4)27(17-24)37-5/h6-15,17,19,25H,16,18H2,1-5H3,(H,30,32)/t25-/m1/s1. The van der Waals surface area contributed by atoms with Crippen molar-refractivity contribution in [3.63, 3.8) is 0 Å². The number of nitrogens with zero attached hydrogens (tertiary/aromatic N) is 1. The molecule has 0 bridgehead atoms. The molecule has 0 aliphatic carbocycles. The fourth-order valence-corrected chi connectivity index (χ4v) is 5.42. The molecule has 0 saturated carbocycles. The minimum absolute atomic E-state index is 0.110. The van der Waals surface area contributed by atoms with E-state index >= 15 is 0 Å². The van der Waals surface area contributed by atoms with Gasteiger partial charge in [0.25, 0.3) is 10.0 Å². The van der Waals surface area contributed by atoms with Gasteiger partial charge in [0, 0.05) is 6.07 Å². The third-order valence-corrected chi connectivity index (χ3v) is 7.68. The Balaban J connectivity index is 1.96. The largest absolute Gasteiger partial charge is 0.497 e. The first-order valence-corrected chi connectivity index (χ1v) is 13.5. The third kappa shape index (κ3) is 6.95. The summed E-state index contributed by atoms with van der Waals surface area (Å²) in [6.45, 7) is 3.55. The van der Waals surface area contributed by atoms with E-state index < -0.39 is 28.3 Å². The molecule has 0 spiro atoms. The summed E-state index contributed by atoms with van der Waals surface area (Å²) in [4.78, 5) is 13.2. The molecule has 1 N–H and O–H groups in total. The topological polar surface area (TPSA) is 94.2 Å². The Morgan fingerprint density at radius 1 is 0.895 bits per heavy atom. The molecule has 0 heterocycles. The predicted molar refractivity (Wildman–Crippen MR) is 144 cm³/mol. The maximum atomic E-state index is 13.8. The first-order chi connectivity index (χ1) is 18.1. The van der Waals surface area contributed by atoms with Crippen LogP contribution in [-0.4, -0.2) is 42.2 Å². The van der Waals surface area contributed by atoms with Gasteiger partial charge in [-0.05, 0) is 66.4 Å². The Labute approximate surface area is 223 Å². The molecule has 0 radical (unpaired) electrons. The molecule has 10 heteroatoms. The lowest BCUT2D eigenvalue weighted by Gasteiger charge is -2.27. The Morgan fingerprint density at radius 2 is 1.53 bits per heavy atom. The summed E-state index contributed by atoms with van der Waals surface area (Å²) in [5.41, 5.74) is 1.00. The summed E-state index contributed by atoms with van der Waals surface area (Å²) in [5.74, 6) is 0.470. The van der Waals surface area contributed by atoms with Crippen LogP contribution in [0.3, 0.4) is 0 Å². The molecule has 204 valence electrons. The van der Waals surface area contributed by atoms with Gasteiger partial charge in [-0.25, -0.2) is 12.8 Å². The van der Waals surface area contributed by atoms with Gasteiger partial charge in [0.05, 0.1) is 38.0 Å². The number of rotatable bonds is 12. The molecule has 0 aliphatic rings. The molecule has 1 amide bonds. The van der Waals surface area contributed by atoms with Crippen molar-refractivity contribution in [3.05, 3.63) is 78.1 Å². The van der Waals surface area contributed by atoms with Crippen molar-refractivity contribution in [1.82, 2.24) is 5.32 Å². The fourth-order valence-electron chi connectivity index (χ4n) is 3.98. The van der Waals surface area contributed by atoms with Gasteiger partial charge < -0.3 is 19.5 Å². The van der Waals surface area contributed by atoms with E-state index in [1.807, 2.05) is 26.0 Å². The molecule has 3 aromatic rings. The number of sulfonamides is 1. The Hall–Kier alpha value is -3.79. The van der Waals surface area contributed by atoms with Gasteiger partial charge in [-0.1, -0.05) is 26.0 Å². The number of halogens is 1. The van der Waals surface area contributed by atoms with Crippen molar-refractivity contribution >= 4 is 21.6 Å². The van der Waals surface area contributed by atoms with Crippen molar-refractivity contribution in [3.8, 4) is 17.2 Å². The van der Waals surface area contributed by atoms with Crippen LogP contribution in [0.2, 0.25) is 0 Å². The van der Waals surface area contributed by atoms with Gasteiger partial charge in [-0.3, -0.25) is 9.10 Å². The summed E-state index contributed by atoms with van der Waals surface area (Å²) < 4.78 is 57.8. The van der Waals surface area contributed by atoms with Gasteiger partial charge >= 0.3 is 0 Å². The molecule has 3 aromatic carbocycles. The first-order valence-electron chi connectivity index (χ1n) is 12.0. The minimum Gasteiger partial charge on any atom is -0.497 e. The Bertz CT molecular complexity index is 1330. The van der Waals surface area contributed by atoms with Crippen molar-refractivity contribution < 1.29 is 31.8 Å². The van der Waals surface area contributed by atoms with E-state index in [1.165, 1.54) is 44.6 Å². The second kappa shape index (κ2) is 12.6. The summed E-state index contributed by atoms with van der Waals surface area (Å²) in [7, 11) is 0.159. The first kappa shape index (κ1) is 28.8. The maximum Gasteiger partial charge on any atom is 0.264 e. The number of methoxy groups -OCH3 is 3. The number of carbonyl (C=O) groups is 1. The number of nitrogens with one attached hydrogen (secondary N) is 1. The van der Waals surface area contributed by atoms with Crippen LogP contribution in [0.1, 0.15) is 31.9 Å². The molecular weight excluding hydrogens is 511 g/mol. The van der Waals surface area contributed by atoms with E-state index in [0.717, 1.165) is 22.0 Å². The Morgan fingerprint density at radius 3 is 2.08 bits per heavy atom. The quantitative estimate of drug-likeness (QED) is 0.347. The minimum atomic E-state index is -4.25. The molecule has 0 aliphatic heterocycles. The highest BCUT2D eigenvalue weighted by Gasteiger charge is 2.29. The van der Waals surface area contributed by atoms with E-state index in [1.54, 1.807) is 19.2 Å². The van der Waals surface area contributed by atoms with Crippen molar-refractivity contribution in [1.29, 1.82) is 0 Å². The molecule has 3 rings (SSSR count). The van der Waals surface area contributed by atoms with Gasteiger partial charge in [0.1, 0.15) is 18.1 Å². The van der Waals surface area contributed by atoms with Crippen LogP contribution < -0.4 is 23.8 Å². The molecule has 8 nitrogen and oxygen atoms in total. The molecular formula is C28H33FN2O6S. The molecule has 0 fully saturated rings. The number of ether oxygens (including phenoxy) is 3. The maximum absolute atomic E-state index is 13.8. The second-order valence-electron chi connectivity index (χ2n) is 9.03. The van der Waals surface area contributed by atoms with Crippen LogP contribution in [0.4, 0.5) is 10.1 Å². The number of anilines is 1. The van der Waals surface area contributed by atoms with E-state index in [4.69, 9.17) is 14.2 Å². The predicted octanol–water partition coefficient (Wildman–Crippen LogP) is 4.95. The highest BCUT2D eigenvalue weighted by atomic mass is 32.2. The summed E-state index contributed by atoms with van der Waals surface area (Å²) >= 11 is 0. The smallest absolute Gasteiger partial charge is 0.264 e. The number of benzene rings is 3. The average molecular weight is 545 g/mol. The Kier molecular flexibility index (Phi) is 9.57. The fraction of sp³-hybridized carbons (Fsp3) is 0.321. The molecule has 38 heavy (non-hydrogen) atoms. The van der Waals surface area contributed by atoms with Crippen LogP contribution in [0.15, 0.2) is 71.6 Å². The summed E-state index contributed by atoms with van der Waals surface area (Å²) in [6, 6.07) is 16.1. The van der Waals surface area contributed by atoms with E-state index in [9.17, 15) is 17.6 Å². The third-order valence-electron chi connectivity index (χ3n) is 5.91. The lowest BCUT2D eigenvalue weighted by Crippen LogP contribution is -2.42. The second-order valence-corrected chi connectivity index (χ2v) is 10.9. The number of hydrogen-bond acceptors (Lipinski definition) is 6. The average Bonchev–Trinajstić information content (AvgIpc) is 2.91. The summed E-state index contributed by atoms with van der Waals surface area (Å²) in [6.07, 6.45) is 0.636. The van der Waals surface area contributed by atoms with Gasteiger partial charge in [-0.2, -0.15) is 0 Å². The molecule has 1 atom stereocenters. The summed E-state index contributed by atoms with van der Waals surface area (Å²) in [5, 5.41) is 2.97. The monoisotopic (exact) mass is 544 g/mol. The number of amides is 1.